The molecule has 0 saturated heterocycles. The molecule has 0 spiro atoms. The van der Waals surface area contributed by atoms with Crippen molar-refractivity contribution in [3.8, 4) is 5.75 Å². The highest BCUT2D eigenvalue weighted by Crippen LogP contribution is 2.27. The van der Waals surface area contributed by atoms with Crippen molar-refractivity contribution in [2.24, 2.45) is 5.73 Å². The molecule has 0 aliphatic rings. The van der Waals surface area contributed by atoms with Crippen molar-refractivity contribution in [3.63, 3.8) is 0 Å². The number of hydrogen-bond acceptors (Lipinski definition) is 4. The summed E-state index contributed by atoms with van der Waals surface area (Å²) in [5.41, 5.74) is 11.5. The van der Waals surface area contributed by atoms with E-state index in [1.807, 2.05) is 0 Å². The molecule has 0 bridgehead atoms. The number of carbonyl (C=O) groups excluding carboxylic acids is 1. The number of hydrogen-bond donors (Lipinski definition) is 3. The van der Waals surface area contributed by atoms with E-state index in [-0.39, 0.29) is 11.7 Å². The van der Waals surface area contributed by atoms with Crippen LogP contribution in [-0.2, 0) is 4.79 Å². The van der Waals surface area contributed by atoms with Gasteiger partial charge in [0.25, 0.3) is 0 Å². The summed E-state index contributed by atoms with van der Waals surface area (Å²) in [6, 6.07) is 2.67. The monoisotopic (exact) mass is 241 g/mol. The van der Waals surface area contributed by atoms with Crippen LogP contribution in [0.4, 0.5) is 15.8 Å². The van der Waals surface area contributed by atoms with Crippen LogP contribution in [0.3, 0.4) is 0 Å². The second-order valence-corrected chi connectivity index (χ2v) is 3.57. The lowest BCUT2D eigenvalue weighted by Gasteiger charge is -2.11. The molecule has 0 heterocycles. The molecule has 17 heavy (non-hydrogen) atoms. The van der Waals surface area contributed by atoms with Crippen LogP contribution < -0.4 is 21.5 Å². The molecule has 1 rings (SSSR count). The maximum absolute atomic E-state index is 13.2. The minimum atomic E-state index is -0.507. The maximum atomic E-state index is 13.2. The first-order chi connectivity index (χ1) is 8.04. The fourth-order valence-electron chi connectivity index (χ4n) is 1.36. The summed E-state index contributed by atoms with van der Waals surface area (Å²) in [7, 11) is 1.38. The lowest BCUT2D eigenvalue weighted by atomic mass is 10.2. The van der Waals surface area contributed by atoms with Crippen LogP contribution in [0.15, 0.2) is 12.1 Å². The third kappa shape index (κ3) is 3.82. The van der Waals surface area contributed by atoms with Crippen molar-refractivity contribution in [2.75, 3.05) is 24.7 Å². The lowest BCUT2D eigenvalue weighted by molar-refractivity contribution is -0.118. The fraction of sp³-hybridized carbons (Fsp3) is 0.364. The number of nitrogen functional groups attached to an aromatic ring is 1. The van der Waals surface area contributed by atoms with Gasteiger partial charge in [-0.25, -0.2) is 4.39 Å². The first-order valence-electron chi connectivity index (χ1n) is 5.19. The van der Waals surface area contributed by atoms with E-state index in [2.05, 4.69) is 5.32 Å². The molecule has 94 valence electrons. The Morgan fingerprint density at radius 2 is 2.24 bits per heavy atom. The van der Waals surface area contributed by atoms with E-state index in [4.69, 9.17) is 16.2 Å². The van der Waals surface area contributed by atoms with Gasteiger partial charge in [-0.1, -0.05) is 0 Å². The summed E-state index contributed by atoms with van der Waals surface area (Å²) in [6.07, 6.45) is 0.889. The van der Waals surface area contributed by atoms with Crippen LogP contribution >= 0.6 is 0 Å². The first kappa shape index (κ1) is 13.1. The van der Waals surface area contributed by atoms with E-state index in [9.17, 15) is 9.18 Å². The first-order valence-corrected chi connectivity index (χ1v) is 5.19. The molecule has 0 radical (unpaired) electrons. The zero-order valence-corrected chi connectivity index (χ0v) is 9.63. The van der Waals surface area contributed by atoms with Gasteiger partial charge in [0, 0.05) is 25.1 Å². The summed E-state index contributed by atoms with van der Waals surface area (Å²) in [5, 5.41) is 2.99. The SMILES string of the molecule is COc1cc(NCCCC(N)=O)c(N)cc1F. The Kier molecular flexibility index (Phi) is 4.56. The lowest BCUT2D eigenvalue weighted by Crippen LogP contribution is -2.13. The van der Waals surface area contributed by atoms with Crippen molar-refractivity contribution >= 4 is 17.3 Å². The third-order valence-corrected chi connectivity index (χ3v) is 2.24. The summed E-state index contributed by atoms with van der Waals surface area (Å²) in [6.45, 7) is 0.530. The highest BCUT2D eigenvalue weighted by molar-refractivity contribution is 5.73. The molecule has 1 aromatic rings. The van der Waals surface area contributed by atoms with Gasteiger partial charge in [-0.2, -0.15) is 0 Å². The Hall–Kier alpha value is -1.98. The molecule has 1 aromatic carbocycles. The topological polar surface area (TPSA) is 90.4 Å². The number of anilines is 2. The Labute approximate surface area is 98.9 Å². The third-order valence-electron chi connectivity index (χ3n) is 2.24. The summed E-state index contributed by atoms with van der Waals surface area (Å²) < 4.78 is 18.1. The van der Waals surface area contributed by atoms with E-state index in [1.54, 1.807) is 0 Å². The number of nitrogens with one attached hydrogen (secondary N) is 1. The summed E-state index contributed by atoms with van der Waals surface area (Å²) >= 11 is 0. The molecule has 5 N–H and O–H groups in total. The number of halogens is 1. The zero-order chi connectivity index (χ0) is 12.8. The van der Waals surface area contributed by atoms with Crippen LogP contribution in [0.2, 0.25) is 0 Å². The minimum absolute atomic E-state index is 0.122. The molecule has 0 atom stereocenters. The molecule has 0 aliphatic carbocycles. The van der Waals surface area contributed by atoms with E-state index < -0.39 is 5.82 Å². The number of nitrogens with two attached hydrogens (primary N) is 2. The number of rotatable bonds is 6. The van der Waals surface area contributed by atoms with Crippen LogP contribution in [-0.4, -0.2) is 19.6 Å². The molecular formula is C11H16FN3O2. The highest BCUT2D eigenvalue weighted by atomic mass is 19.1. The number of primary amides is 1. The Morgan fingerprint density at radius 1 is 1.53 bits per heavy atom. The van der Waals surface area contributed by atoms with Gasteiger partial charge in [-0.3, -0.25) is 4.79 Å². The predicted molar refractivity (Wildman–Crippen MR) is 64.3 cm³/mol. The van der Waals surface area contributed by atoms with Gasteiger partial charge in [-0.15, -0.1) is 0 Å². The van der Waals surface area contributed by atoms with E-state index in [0.717, 1.165) is 0 Å². The van der Waals surface area contributed by atoms with Crippen molar-refractivity contribution in [1.82, 2.24) is 0 Å². The Bertz CT molecular complexity index is 410. The average Bonchev–Trinajstić information content (AvgIpc) is 2.26. The average molecular weight is 241 g/mol. The van der Waals surface area contributed by atoms with Gasteiger partial charge in [0.15, 0.2) is 11.6 Å². The molecule has 5 nitrogen and oxygen atoms in total. The number of methoxy groups -OCH3 is 1. The number of ether oxygens (including phenoxy) is 1. The Balaban J connectivity index is 2.61. The van der Waals surface area contributed by atoms with Gasteiger partial charge in [-0.05, 0) is 6.42 Å². The van der Waals surface area contributed by atoms with Crippen LogP contribution in [0.25, 0.3) is 0 Å². The Morgan fingerprint density at radius 3 is 2.82 bits per heavy atom. The standard InChI is InChI=1S/C11H16FN3O2/c1-17-10-6-9(8(13)5-7(10)12)15-4-2-3-11(14)16/h5-6,15H,2-4,13H2,1H3,(H2,14,16). The van der Waals surface area contributed by atoms with Gasteiger partial charge in [0.05, 0.1) is 18.5 Å². The second kappa shape index (κ2) is 5.93. The molecular weight excluding hydrogens is 225 g/mol. The van der Waals surface area contributed by atoms with Crippen LogP contribution in [0, 0.1) is 5.82 Å². The number of carbonyl (C=O) groups is 1. The predicted octanol–water partition coefficient (Wildman–Crippen LogP) is 1.09. The highest BCUT2D eigenvalue weighted by Gasteiger charge is 2.07. The van der Waals surface area contributed by atoms with Crippen molar-refractivity contribution in [1.29, 1.82) is 0 Å². The molecule has 1 amide bonds. The van der Waals surface area contributed by atoms with Crippen LogP contribution in [0.5, 0.6) is 5.75 Å². The van der Waals surface area contributed by atoms with E-state index in [1.165, 1.54) is 19.2 Å². The second-order valence-electron chi connectivity index (χ2n) is 3.57. The largest absolute Gasteiger partial charge is 0.494 e. The van der Waals surface area contributed by atoms with Crippen molar-refractivity contribution in [2.45, 2.75) is 12.8 Å². The molecule has 0 aliphatic heterocycles. The van der Waals surface area contributed by atoms with Crippen molar-refractivity contribution in [3.05, 3.63) is 17.9 Å². The number of amides is 1. The molecule has 0 aromatic heterocycles. The van der Waals surface area contributed by atoms with E-state index >= 15 is 0 Å². The molecule has 0 fully saturated rings. The smallest absolute Gasteiger partial charge is 0.217 e. The quantitative estimate of drug-likeness (QED) is 0.513. The molecule has 6 heteroatoms. The van der Waals surface area contributed by atoms with Gasteiger partial charge >= 0.3 is 0 Å². The number of benzene rings is 1. The van der Waals surface area contributed by atoms with Gasteiger partial charge < -0.3 is 21.5 Å². The van der Waals surface area contributed by atoms with Crippen molar-refractivity contribution < 1.29 is 13.9 Å². The van der Waals surface area contributed by atoms with Gasteiger partial charge in [0.1, 0.15) is 0 Å². The normalized spacial score (nSPS) is 10.0. The summed E-state index contributed by atoms with van der Waals surface area (Å²) in [5.74, 6) is -0.735. The zero-order valence-electron chi connectivity index (χ0n) is 9.63. The van der Waals surface area contributed by atoms with Gasteiger partial charge in [0.2, 0.25) is 5.91 Å². The maximum Gasteiger partial charge on any atom is 0.217 e. The van der Waals surface area contributed by atoms with Crippen LogP contribution in [0.1, 0.15) is 12.8 Å². The minimum Gasteiger partial charge on any atom is -0.494 e. The molecule has 0 saturated carbocycles. The summed E-state index contributed by atoms with van der Waals surface area (Å²) in [4.78, 5) is 10.5. The molecule has 0 unspecified atom stereocenters. The fourth-order valence-corrected chi connectivity index (χ4v) is 1.36. The van der Waals surface area contributed by atoms with E-state index in [0.29, 0.717) is 30.8 Å².